The second-order valence-electron chi connectivity index (χ2n) is 4.79. The molecule has 1 aromatic heterocycles. The molecule has 5 nitrogen and oxygen atoms in total. The third-order valence-corrected chi connectivity index (χ3v) is 6.33. The van der Waals surface area contributed by atoms with Crippen molar-refractivity contribution in [1.82, 2.24) is 4.98 Å². The Hall–Kier alpha value is -0.950. The highest BCUT2D eigenvalue weighted by Crippen LogP contribution is 2.37. The minimum Gasteiger partial charge on any atom is -0.481 e. The van der Waals surface area contributed by atoms with E-state index in [1.807, 2.05) is 6.92 Å². The van der Waals surface area contributed by atoms with Crippen LogP contribution in [-0.2, 0) is 21.1 Å². The van der Waals surface area contributed by atoms with Gasteiger partial charge in [0.2, 0.25) is 0 Å². The molecule has 1 aliphatic heterocycles. The lowest BCUT2D eigenvalue weighted by Gasteiger charge is -2.21. The molecule has 1 atom stereocenters. The summed E-state index contributed by atoms with van der Waals surface area (Å²) in [6.07, 6.45) is 1.17. The smallest absolute Gasteiger partial charge is 0.310 e. The maximum absolute atomic E-state index is 11.5. The minimum atomic E-state index is -3.19. The van der Waals surface area contributed by atoms with Crippen LogP contribution in [0.1, 0.15) is 23.4 Å². The first-order valence-electron chi connectivity index (χ1n) is 5.67. The van der Waals surface area contributed by atoms with Crippen LogP contribution in [-0.4, -0.2) is 36.0 Å². The molecule has 0 aromatic carbocycles. The number of aromatic nitrogens is 1. The van der Waals surface area contributed by atoms with Gasteiger partial charge >= 0.3 is 5.97 Å². The first-order valence-corrected chi connectivity index (χ1v) is 8.38. The maximum Gasteiger partial charge on any atom is 0.310 e. The highest BCUT2D eigenvalue weighted by atomic mass is 32.2. The topological polar surface area (TPSA) is 84.3 Å². The van der Waals surface area contributed by atoms with Crippen LogP contribution in [0.4, 0.5) is 0 Å². The Labute approximate surface area is 110 Å². The molecule has 1 aliphatic rings. The fraction of sp³-hybridized carbons (Fsp3) is 0.636. The van der Waals surface area contributed by atoms with Crippen molar-refractivity contribution in [2.45, 2.75) is 26.2 Å². The van der Waals surface area contributed by atoms with Crippen molar-refractivity contribution in [1.29, 1.82) is 0 Å². The molecule has 0 spiro atoms. The summed E-state index contributed by atoms with van der Waals surface area (Å²) in [6.45, 7) is 1.88. The SMILES string of the molecule is Cc1ncsc1CCC1(C(=O)O)CCS(=O)(=O)C1. The Morgan fingerprint density at radius 3 is 2.78 bits per heavy atom. The number of carboxylic acids is 1. The monoisotopic (exact) mass is 289 g/mol. The number of sulfone groups is 1. The number of hydrogen-bond acceptors (Lipinski definition) is 5. The van der Waals surface area contributed by atoms with Crippen LogP contribution in [0.2, 0.25) is 0 Å². The zero-order chi connectivity index (χ0) is 13.4. The Morgan fingerprint density at radius 1 is 1.61 bits per heavy atom. The molecule has 7 heteroatoms. The van der Waals surface area contributed by atoms with Gasteiger partial charge in [-0.25, -0.2) is 13.4 Å². The van der Waals surface area contributed by atoms with Crippen LogP contribution in [0.5, 0.6) is 0 Å². The van der Waals surface area contributed by atoms with Gasteiger partial charge in [0.05, 0.1) is 28.1 Å². The molecule has 1 saturated heterocycles. The van der Waals surface area contributed by atoms with Crippen molar-refractivity contribution in [3.05, 3.63) is 16.1 Å². The first-order chi connectivity index (χ1) is 8.35. The number of carbonyl (C=O) groups is 1. The van der Waals surface area contributed by atoms with Crippen molar-refractivity contribution in [2.24, 2.45) is 5.41 Å². The van der Waals surface area contributed by atoms with Crippen LogP contribution in [0.3, 0.4) is 0 Å². The van der Waals surface area contributed by atoms with Gasteiger partial charge in [-0.3, -0.25) is 4.79 Å². The average Bonchev–Trinajstić information content (AvgIpc) is 2.80. The Bertz CT molecular complexity index is 563. The average molecular weight is 289 g/mol. The first kappa shape index (κ1) is 13.5. The molecule has 0 aliphatic carbocycles. The zero-order valence-electron chi connectivity index (χ0n) is 10.0. The van der Waals surface area contributed by atoms with Gasteiger partial charge in [-0.15, -0.1) is 11.3 Å². The van der Waals surface area contributed by atoms with Gasteiger partial charge < -0.3 is 5.11 Å². The second kappa shape index (κ2) is 4.62. The fourth-order valence-corrected chi connectivity index (χ4v) is 5.19. The Kier molecular flexibility index (Phi) is 3.46. The fourth-order valence-electron chi connectivity index (χ4n) is 2.31. The summed E-state index contributed by atoms with van der Waals surface area (Å²) in [6, 6.07) is 0. The largest absolute Gasteiger partial charge is 0.481 e. The number of rotatable bonds is 4. The maximum atomic E-state index is 11.5. The predicted octanol–water partition coefficient (Wildman–Crippen LogP) is 1.27. The Morgan fingerprint density at radius 2 is 2.33 bits per heavy atom. The van der Waals surface area contributed by atoms with Crippen LogP contribution in [0.25, 0.3) is 0 Å². The summed E-state index contributed by atoms with van der Waals surface area (Å²) in [7, 11) is -3.19. The summed E-state index contributed by atoms with van der Waals surface area (Å²) in [5.41, 5.74) is 1.53. The third-order valence-electron chi connectivity index (χ3n) is 3.52. The van der Waals surface area contributed by atoms with Gasteiger partial charge in [0.25, 0.3) is 0 Å². The molecule has 0 saturated carbocycles. The van der Waals surface area contributed by atoms with Gasteiger partial charge in [-0.05, 0) is 26.2 Å². The number of hydrogen-bond donors (Lipinski definition) is 1. The number of aliphatic carboxylic acids is 1. The highest BCUT2D eigenvalue weighted by Gasteiger charge is 2.47. The van der Waals surface area contributed by atoms with Crippen LogP contribution < -0.4 is 0 Å². The number of nitrogens with zero attached hydrogens (tertiary/aromatic N) is 1. The van der Waals surface area contributed by atoms with E-state index in [9.17, 15) is 18.3 Å². The van der Waals surface area contributed by atoms with Crippen LogP contribution in [0.15, 0.2) is 5.51 Å². The van der Waals surface area contributed by atoms with Crippen LogP contribution in [0, 0.1) is 12.3 Å². The number of thiazole rings is 1. The van der Waals surface area contributed by atoms with E-state index < -0.39 is 21.2 Å². The molecule has 1 fully saturated rings. The molecular weight excluding hydrogens is 274 g/mol. The molecule has 18 heavy (non-hydrogen) atoms. The molecule has 100 valence electrons. The third kappa shape index (κ3) is 2.56. The standard InChI is InChI=1S/C11H15NO4S2/c1-8-9(17-7-12-8)2-3-11(10(13)14)4-5-18(15,16)6-11/h7H,2-6H2,1H3,(H,13,14). The van der Waals surface area contributed by atoms with E-state index in [2.05, 4.69) is 4.98 Å². The van der Waals surface area contributed by atoms with Gasteiger partial charge in [-0.1, -0.05) is 0 Å². The molecule has 1 N–H and O–H groups in total. The number of carboxylic acid groups (broad SMARTS) is 1. The zero-order valence-corrected chi connectivity index (χ0v) is 11.7. The van der Waals surface area contributed by atoms with E-state index in [-0.39, 0.29) is 17.9 Å². The Balaban J connectivity index is 2.14. The predicted molar refractivity (Wildman–Crippen MR) is 68.5 cm³/mol. The molecule has 0 radical (unpaired) electrons. The summed E-state index contributed by atoms with van der Waals surface area (Å²) in [5.74, 6) is -1.24. The number of aryl methyl sites for hydroxylation is 2. The van der Waals surface area contributed by atoms with Gasteiger partial charge in [0, 0.05) is 4.88 Å². The lowest BCUT2D eigenvalue weighted by Crippen LogP contribution is -2.32. The molecule has 2 rings (SSSR count). The highest BCUT2D eigenvalue weighted by molar-refractivity contribution is 7.91. The summed E-state index contributed by atoms with van der Waals surface area (Å²) >= 11 is 1.49. The van der Waals surface area contributed by atoms with Crippen LogP contribution >= 0.6 is 11.3 Å². The van der Waals surface area contributed by atoms with Crippen molar-refractivity contribution < 1.29 is 18.3 Å². The van der Waals surface area contributed by atoms with E-state index in [1.165, 1.54) is 11.3 Å². The van der Waals surface area contributed by atoms with Gasteiger partial charge in [0.15, 0.2) is 9.84 Å². The van der Waals surface area contributed by atoms with E-state index in [4.69, 9.17) is 0 Å². The summed E-state index contributed by atoms with van der Waals surface area (Å²) in [4.78, 5) is 16.5. The molecule has 1 aromatic rings. The lowest BCUT2D eigenvalue weighted by molar-refractivity contribution is -0.147. The molecule has 0 bridgehead atoms. The molecular formula is C11H15NO4S2. The molecule has 2 heterocycles. The molecule has 0 amide bonds. The quantitative estimate of drug-likeness (QED) is 0.902. The van der Waals surface area contributed by atoms with Crippen molar-refractivity contribution in [3.8, 4) is 0 Å². The van der Waals surface area contributed by atoms with Crippen molar-refractivity contribution >= 4 is 27.1 Å². The van der Waals surface area contributed by atoms with E-state index in [1.54, 1.807) is 5.51 Å². The van der Waals surface area contributed by atoms with Gasteiger partial charge in [-0.2, -0.15) is 0 Å². The molecule has 1 unspecified atom stereocenters. The van der Waals surface area contributed by atoms with E-state index in [0.717, 1.165) is 10.6 Å². The van der Waals surface area contributed by atoms with Gasteiger partial charge in [0.1, 0.15) is 0 Å². The normalized spacial score (nSPS) is 26.3. The summed E-state index contributed by atoms with van der Waals surface area (Å²) in [5, 5.41) is 9.32. The van der Waals surface area contributed by atoms with Crippen molar-refractivity contribution in [3.63, 3.8) is 0 Å². The van der Waals surface area contributed by atoms with E-state index >= 15 is 0 Å². The minimum absolute atomic E-state index is 0.0129. The summed E-state index contributed by atoms with van der Waals surface area (Å²) < 4.78 is 23.0. The van der Waals surface area contributed by atoms with Crippen molar-refractivity contribution in [2.75, 3.05) is 11.5 Å². The second-order valence-corrected chi connectivity index (χ2v) is 7.91. The lowest BCUT2D eigenvalue weighted by atomic mass is 9.82. The van der Waals surface area contributed by atoms with E-state index in [0.29, 0.717) is 12.8 Å².